The van der Waals surface area contributed by atoms with Crippen LogP contribution >= 0.6 is 31.9 Å². The fraction of sp³-hybridized carbons (Fsp3) is 0.364. The van der Waals surface area contributed by atoms with Crippen molar-refractivity contribution in [3.8, 4) is 0 Å². The fourth-order valence-electron chi connectivity index (χ4n) is 1.71. The van der Waals surface area contributed by atoms with Gasteiger partial charge in [0, 0.05) is 27.6 Å². The maximum Gasteiger partial charge on any atom is 0.227 e. The number of hydrogen-bond acceptors (Lipinski definition) is 1. The fourth-order valence-corrected chi connectivity index (χ4v) is 2.87. The number of nitrogens with zero attached hydrogens (tertiary/aromatic N) is 1. The van der Waals surface area contributed by atoms with Gasteiger partial charge >= 0.3 is 0 Å². The molecule has 1 fully saturated rings. The van der Waals surface area contributed by atoms with Crippen LogP contribution in [0.2, 0.25) is 0 Å². The molecule has 1 saturated heterocycles. The molecule has 0 spiro atoms. The number of amides is 1. The van der Waals surface area contributed by atoms with E-state index < -0.39 is 0 Å². The first-order valence-electron chi connectivity index (χ1n) is 4.85. The summed E-state index contributed by atoms with van der Waals surface area (Å²) in [6.07, 6.45) is 1.63. The van der Waals surface area contributed by atoms with Crippen molar-refractivity contribution in [2.75, 3.05) is 11.4 Å². The quantitative estimate of drug-likeness (QED) is 0.768. The van der Waals surface area contributed by atoms with E-state index in [1.165, 1.54) is 0 Å². The van der Waals surface area contributed by atoms with E-state index in [9.17, 15) is 4.79 Å². The second-order valence-electron chi connectivity index (χ2n) is 3.68. The largest absolute Gasteiger partial charge is 0.312 e. The van der Waals surface area contributed by atoms with Gasteiger partial charge in [0.1, 0.15) is 0 Å². The van der Waals surface area contributed by atoms with Crippen LogP contribution in [0, 0.1) is 6.92 Å². The highest BCUT2D eigenvalue weighted by atomic mass is 79.9. The van der Waals surface area contributed by atoms with Crippen molar-refractivity contribution in [3.05, 3.63) is 26.6 Å². The average Bonchev–Trinajstić information content (AvgIpc) is 2.60. The van der Waals surface area contributed by atoms with Gasteiger partial charge in [0.25, 0.3) is 0 Å². The molecule has 1 amide bonds. The van der Waals surface area contributed by atoms with E-state index in [-0.39, 0.29) is 5.91 Å². The molecule has 1 aliphatic heterocycles. The number of hydrogen-bond donors (Lipinski definition) is 0. The Labute approximate surface area is 106 Å². The van der Waals surface area contributed by atoms with Gasteiger partial charge in [-0.1, -0.05) is 31.9 Å². The Bertz CT molecular complexity index is 394. The van der Waals surface area contributed by atoms with E-state index >= 15 is 0 Å². The minimum Gasteiger partial charge on any atom is -0.312 e. The number of rotatable bonds is 1. The molecule has 15 heavy (non-hydrogen) atoms. The van der Waals surface area contributed by atoms with Crippen molar-refractivity contribution in [1.82, 2.24) is 0 Å². The third kappa shape index (κ3) is 2.11. The van der Waals surface area contributed by atoms with Crippen LogP contribution in [-0.4, -0.2) is 12.5 Å². The number of carbonyl (C=O) groups excluding carboxylic acids is 1. The first-order chi connectivity index (χ1) is 7.09. The predicted molar refractivity (Wildman–Crippen MR) is 68.2 cm³/mol. The Morgan fingerprint density at radius 3 is 2.33 bits per heavy atom. The number of carbonyl (C=O) groups is 1. The lowest BCUT2D eigenvalue weighted by molar-refractivity contribution is -0.117. The van der Waals surface area contributed by atoms with Gasteiger partial charge in [-0.05, 0) is 31.0 Å². The number of anilines is 1. The molecule has 1 aromatic rings. The average molecular weight is 333 g/mol. The normalized spacial score (nSPS) is 16.2. The lowest BCUT2D eigenvalue weighted by atomic mass is 10.2. The van der Waals surface area contributed by atoms with Crippen LogP contribution in [0.15, 0.2) is 21.1 Å². The van der Waals surface area contributed by atoms with Crippen LogP contribution in [0.1, 0.15) is 18.4 Å². The summed E-state index contributed by atoms with van der Waals surface area (Å²) in [5.74, 6) is 0.220. The van der Waals surface area contributed by atoms with Crippen LogP contribution in [0.4, 0.5) is 5.69 Å². The van der Waals surface area contributed by atoms with Gasteiger partial charge < -0.3 is 4.90 Å². The molecule has 80 valence electrons. The molecule has 0 bridgehead atoms. The monoisotopic (exact) mass is 331 g/mol. The van der Waals surface area contributed by atoms with Gasteiger partial charge in [-0.25, -0.2) is 0 Å². The number of halogens is 2. The van der Waals surface area contributed by atoms with Gasteiger partial charge in [0.2, 0.25) is 5.91 Å². The molecule has 2 rings (SSSR count). The Morgan fingerprint density at radius 2 is 1.87 bits per heavy atom. The van der Waals surface area contributed by atoms with E-state index in [0.717, 1.165) is 33.2 Å². The van der Waals surface area contributed by atoms with Crippen molar-refractivity contribution >= 4 is 43.5 Å². The summed E-state index contributed by atoms with van der Waals surface area (Å²) in [5.41, 5.74) is 2.13. The van der Waals surface area contributed by atoms with Gasteiger partial charge in [-0.2, -0.15) is 0 Å². The summed E-state index contributed by atoms with van der Waals surface area (Å²) in [4.78, 5) is 13.4. The zero-order chi connectivity index (χ0) is 11.0. The summed E-state index contributed by atoms with van der Waals surface area (Å²) in [6.45, 7) is 2.87. The summed E-state index contributed by atoms with van der Waals surface area (Å²) in [5, 5.41) is 0. The zero-order valence-electron chi connectivity index (χ0n) is 8.39. The van der Waals surface area contributed by atoms with Crippen molar-refractivity contribution < 1.29 is 4.79 Å². The smallest absolute Gasteiger partial charge is 0.227 e. The first-order valence-corrected chi connectivity index (χ1v) is 6.44. The summed E-state index contributed by atoms with van der Waals surface area (Å²) < 4.78 is 2.07. The third-order valence-corrected chi connectivity index (χ3v) is 4.30. The highest BCUT2D eigenvalue weighted by molar-refractivity contribution is 9.11. The first kappa shape index (κ1) is 11.1. The van der Waals surface area contributed by atoms with Gasteiger partial charge in [-0.3, -0.25) is 4.79 Å². The lowest BCUT2D eigenvalue weighted by Gasteiger charge is -2.17. The topological polar surface area (TPSA) is 20.3 Å². The number of benzene rings is 1. The zero-order valence-corrected chi connectivity index (χ0v) is 11.6. The molecule has 0 N–H and O–H groups in total. The van der Waals surface area contributed by atoms with E-state index in [1.807, 2.05) is 24.0 Å². The maximum atomic E-state index is 11.6. The van der Waals surface area contributed by atoms with Crippen LogP contribution < -0.4 is 4.90 Å². The Kier molecular flexibility index (Phi) is 3.16. The van der Waals surface area contributed by atoms with E-state index in [2.05, 4.69) is 31.9 Å². The van der Waals surface area contributed by atoms with Gasteiger partial charge in [0.15, 0.2) is 0 Å². The summed E-state index contributed by atoms with van der Waals surface area (Å²) in [7, 11) is 0. The van der Waals surface area contributed by atoms with Crippen molar-refractivity contribution in [1.29, 1.82) is 0 Å². The molecule has 0 unspecified atom stereocenters. The van der Waals surface area contributed by atoms with Crippen LogP contribution in [-0.2, 0) is 4.79 Å². The highest BCUT2D eigenvalue weighted by Gasteiger charge is 2.22. The second-order valence-corrected chi connectivity index (χ2v) is 5.39. The highest BCUT2D eigenvalue weighted by Crippen LogP contribution is 2.32. The Morgan fingerprint density at radius 1 is 1.27 bits per heavy atom. The molecule has 1 aromatic carbocycles. The van der Waals surface area contributed by atoms with Gasteiger partial charge in [0.05, 0.1) is 0 Å². The molecule has 0 aliphatic carbocycles. The van der Waals surface area contributed by atoms with E-state index in [0.29, 0.717) is 6.42 Å². The third-order valence-electron chi connectivity index (χ3n) is 2.65. The predicted octanol–water partition coefficient (Wildman–Crippen LogP) is 3.65. The SMILES string of the molecule is Cc1c(Br)cc(N2CCCC2=O)cc1Br. The molecule has 1 heterocycles. The molecule has 0 radical (unpaired) electrons. The lowest BCUT2D eigenvalue weighted by Crippen LogP contribution is -2.23. The summed E-state index contributed by atoms with van der Waals surface area (Å²) in [6, 6.07) is 4.01. The van der Waals surface area contributed by atoms with Crippen LogP contribution in [0.25, 0.3) is 0 Å². The minimum absolute atomic E-state index is 0.220. The summed E-state index contributed by atoms with van der Waals surface area (Å²) >= 11 is 6.99. The standard InChI is InChI=1S/C11H11Br2NO/c1-7-9(12)5-8(6-10(7)13)14-4-2-3-11(14)15/h5-6H,2-4H2,1H3. The molecule has 0 atom stereocenters. The van der Waals surface area contributed by atoms with Crippen LogP contribution in [0.3, 0.4) is 0 Å². The second kappa shape index (κ2) is 4.26. The van der Waals surface area contributed by atoms with Crippen molar-refractivity contribution in [2.45, 2.75) is 19.8 Å². The van der Waals surface area contributed by atoms with Crippen molar-refractivity contribution in [3.63, 3.8) is 0 Å². The molecule has 2 nitrogen and oxygen atoms in total. The van der Waals surface area contributed by atoms with E-state index in [1.54, 1.807) is 0 Å². The molecule has 1 aliphatic rings. The molecular formula is C11H11Br2NO. The van der Waals surface area contributed by atoms with Crippen molar-refractivity contribution in [2.24, 2.45) is 0 Å². The molecule has 0 aromatic heterocycles. The van der Waals surface area contributed by atoms with Crippen LogP contribution in [0.5, 0.6) is 0 Å². The Balaban J connectivity index is 2.41. The van der Waals surface area contributed by atoms with Gasteiger partial charge in [-0.15, -0.1) is 0 Å². The molecule has 4 heteroatoms. The Hall–Kier alpha value is -0.350. The molecule has 0 saturated carbocycles. The van der Waals surface area contributed by atoms with E-state index in [4.69, 9.17) is 0 Å². The maximum absolute atomic E-state index is 11.6. The molecular weight excluding hydrogens is 322 g/mol. The minimum atomic E-state index is 0.220.